The second-order valence-corrected chi connectivity index (χ2v) is 12.6. The molecule has 0 spiro atoms. The van der Waals surface area contributed by atoms with E-state index in [4.69, 9.17) is 9.47 Å². The Morgan fingerprint density at radius 2 is 1.60 bits per heavy atom. The monoisotopic (exact) mass is 568 g/mol. The molecular weight excluding hydrogens is 524 g/mol. The standard InChI is InChI=1S/C36H44N2O4/c1-6-38(34(39)26-9-7-24(8-10-26)25-17-19-37-20-18-25)33-23-30(41-5)15-16-32(33)29-12-11-28-22-31(14-13-27(28)21-29)42-35(40)36(2,3)4/h7-10,13-16,22-23,25,29,37H,6,11-12,17-21H2,1-5H3/t29-/m1/s1. The van der Waals surface area contributed by atoms with Crippen LogP contribution in [0, 0.1) is 5.41 Å². The molecule has 42 heavy (non-hydrogen) atoms. The zero-order valence-corrected chi connectivity index (χ0v) is 25.7. The average Bonchev–Trinajstić information content (AvgIpc) is 3.01. The summed E-state index contributed by atoms with van der Waals surface area (Å²) in [4.78, 5) is 28.2. The molecule has 0 radical (unpaired) electrons. The molecule has 6 nitrogen and oxygen atoms in total. The molecule has 1 aliphatic heterocycles. The summed E-state index contributed by atoms with van der Waals surface area (Å²) in [7, 11) is 1.66. The van der Waals surface area contributed by atoms with E-state index >= 15 is 0 Å². The Hall–Kier alpha value is -3.64. The summed E-state index contributed by atoms with van der Waals surface area (Å²) in [5.74, 6) is 1.92. The highest BCUT2D eigenvalue weighted by atomic mass is 16.5. The number of anilines is 1. The molecule has 1 N–H and O–H groups in total. The number of methoxy groups -OCH3 is 1. The van der Waals surface area contributed by atoms with Crippen molar-refractivity contribution in [1.29, 1.82) is 0 Å². The number of hydrogen-bond acceptors (Lipinski definition) is 5. The number of nitrogens with one attached hydrogen (secondary N) is 1. The maximum absolute atomic E-state index is 13.9. The van der Waals surface area contributed by atoms with Crippen LogP contribution in [0.1, 0.15) is 91.4 Å². The van der Waals surface area contributed by atoms with Crippen LogP contribution in [0.3, 0.4) is 0 Å². The minimum Gasteiger partial charge on any atom is -0.497 e. The van der Waals surface area contributed by atoms with Crippen LogP contribution in [0.2, 0.25) is 0 Å². The van der Waals surface area contributed by atoms with Gasteiger partial charge in [0.25, 0.3) is 5.91 Å². The number of carbonyl (C=O) groups excluding carboxylic acids is 2. The summed E-state index contributed by atoms with van der Waals surface area (Å²) in [5.41, 5.74) is 6.01. The third-order valence-corrected chi connectivity index (χ3v) is 8.73. The number of carbonyl (C=O) groups is 2. The number of benzene rings is 3. The summed E-state index contributed by atoms with van der Waals surface area (Å²) in [6.45, 7) is 10.3. The molecule has 0 aromatic heterocycles. The van der Waals surface area contributed by atoms with Crippen molar-refractivity contribution in [3.05, 3.63) is 88.5 Å². The van der Waals surface area contributed by atoms with Crippen LogP contribution < -0.4 is 19.7 Å². The number of esters is 1. The fraction of sp³-hybridized carbons (Fsp3) is 0.444. The number of nitrogens with zero attached hydrogens (tertiary/aromatic N) is 1. The van der Waals surface area contributed by atoms with Crippen LogP contribution >= 0.6 is 0 Å². The molecule has 1 amide bonds. The fourth-order valence-corrected chi connectivity index (χ4v) is 6.18. The number of amides is 1. The maximum atomic E-state index is 13.9. The smallest absolute Gasteiger partial charge is 0.316 e. The van der Waals surface area contributed by atoms with Gasteiger partial charge in [-0.25, -0.2) is 0 Å². The largest absolute Gasteiger partial charge is 0.497 e. The van der Waals surface area contributed by atoms with Crippen molar-refractivity contribution >= 4 is 17.6 Å². The third-order valence-electron chi connectivity index (χ3n) is 8.73. The predicted molar refractivity (Wildman–Crippen MR) is 168 cm³/mol. The van der Waals surface area contributed by atoms with Gasteiger partial charge in [0.15, 0.2) is 0 Å². The normalized spacial score (nSPS) is 17.3. The highest BCUT2D eigenvalue weighted by molar-refractivity contribution is 6.06. The molecule has 222 valence electrons. The van der Waals surface area contributed by atoms with Crippen molar-refractivity contribution in [2.75, 3.05) is 31.6 Å². The number of aryl methyl sites for hydroxylation is 1. The van der Waals surface area contributed by atoms with Gasteiger partial charge in [-0.05, 0) is 137 Å². The molecule has 0 saturated carbocycles. The van der Waals surface area contributed by atoms with Gasteiger partial charge in [0.05, 0.1) is 18.2 Å². The van der Waals surface area contributed by atoms with E-state index in [1.54, 1.807) is 7.11 Å². The first-order chi connectivity index (χ1) is 20.2. The van der Waals surface area contributed by atoms with Crippen molar-refractivity contribution in [3.63, 3.8) is 0 Å². The van der Waals surface area contributed by atoms with Crippen LogP contribution in [0.15, 0.2) is 60.7 Å². The van der Waals surface area contributed by atoms with E-state index in [0.717, 1.165) is 62.2 Å². The van der Waals surface area contributed by atoms with Gasteiger partial charge in [-0.2, -0.15) is 0 Å². The second-order valence-electron chi connectivity index (χ2n) is 12.6. The lowest BCUT2D eigenvalue weighted by Gasteiger charge is -2.31. The van der Waals surface area contributed by atoms with E-state index in [9.17, 15) is 9.59 Å². The summed E-state index contributed by atoms with van der Waals surface area (Å²) in [5, 5.41) is 3.43. The van der Waals surface area contributed by atoms with Crippen molar-refractivity contribution in [2.45, 2.75) is 71.6 Å². The molecule has 1 aliphatic carbocycles. The van der Waals surface area contributed by atoms with Crippen molar-refractivity contribution in [3.8, 4) is 11.5 Å². The molecule has 1 atom stereocenters. The van der Waals surface area contributed by atoms with Crippen LogP contribution in [-0.4, -0.2) is 38.6 Å². The summed E-state index contributed by atoms with van der Waals surface area (Å²) in [6.07, 6.45) is 4.95. The molecule has 1 heterocycles. The lowest BCUT2D eigenvalue weighted by Crippen LogP contribution is -2.32. The topological polar surface area (TPSA) is 67.9 Å². The number of hydrogen-bond donors (Lipinski definition) is 1. The Balaban J connectivity index is 1.38. The number of fused-ring (bicyclic) bond motifs is 1. The Morgan fingerprint density at radius 3 is 2.26 bits per heavy atom. The van der Waals surface area contributed by atoms with E-state index in [1.807, 2.05) is 69.0 Å². The van der Waals surface area contributed by atoms with E-state index in [1.165, 1.54) is 16.7 Å². The quantitative estimate of drug-likeness (QED) is 0.244. The number of rotatable bonds is 7. The Labute approximate surface area is 250 Å². The van der Waals surface area contributed by atoms with Crippen molar-refractivity contribution < 1.29 is 19.1 Å². The molecule has 2 aliphatic rings. The van der Waals surface area contributed by atoms with Crippen LogP contribution in [0.5, 0.6) is 11.5 Å². The van der Waals surface area contributed by atoms with Gasteiger partial charge in [0.1, 0.15) is 11.5 Å². The fourth-order valence-electron chi connectivity index (χ4n) is 6.18. The second kappa shape index (κ2) is 12.7. The molecule has 1 fully saturated rings. The van der Waals surface area contributed by atoms with E-state index in [2.05, 4.69) is 29.6 Å². The molecular formula is C36H44N2O4. The van der Waals surface area contributed by atoms with Gasteiger partial charge >= 0.3 is 5.97 Å². The molecule has 5 rings (SSSR count). The molecule has 3 aromatic carbocycles. The number of ether oxygens (including phenoxy) is 2. The summed E-state index contributed by atoms with van der Waals surface area (Å²) >= 11 is 0. The van der Waals surface area contributed by atoms with Crippen LogP contribution in [0.25, 0.3) is 0 Å². The van der Waals surface area contributed by atoms with E-state index < -0.39 is 5.41 Å². The lowest BCUT2D eigenvalue weighted by molar-refractivity contribution is -0.143. The average molecular weight is 569 g/mol. The molecule has 0 unspecified atom stereocenters. The van der Waals surface area contributed by atoms with Crippen LogP contribution in [-0.2, 0) is 17.6 Å². The van der Waals surface area contributed by atoms with Gasteiger partial charge in [-0.15, -0.1) is 0 Å². The Kier molecular flexibility index (Phi) is 9.02. The summed E-state index contributed by atoms with van der Waals surface area (Å²) < 4.78 is 11.3. The van der Waals surface area contributed by atoms with Gasteiger partial charge in [0.2, 0.25) is 0 Å². The highest BCUT2D eigenvalue weighted by Gasteiger charge is 2.28. The van der Waals surface area contributed by atoms with Gasteiger partial charge in [0, 0.05) is 18.2 Å². The van der Waals surface area contributed by atoms with E-state index in [-0.39, 0.29) is 17.8 Å². The third kappa shape index (κ3) is 6.54. The molecule has 0 bridgehead atoms. The maximum Gasteiger partial charge on any atom is 0.316 e. The minimum atomic E-state index is -0.552. The van der Waals surface area contributed by atoms with Gasteiger partial charge in [-0.3, -0.25) is 9.59 Å². The van der Waals surface area contributed by atoms with Crippen molar-refractivity contribution in [1.82, 2.24) is 5.32 Å². The summed E-state index contributed by atoms with van der Waals surface area (Å²) in [6, 6.07) is 20.4. The van der Waals surface area contributed by atoms with Crippen molar-refractivity contribution in [2.24, 2.45) is 5.41 Å². The van der Waals surface area contributed by atoms with Gasteiger partial charge in [-0.1, -0.05) is 24.3 Å². The first kappa shape index (κ1) is 29.8. The molecule has 3 aromatic rings. The SMILES string of the molecule is CCN(C(=O)c1ccc(C2CCNCC2)cc1)c1cc(OC)ccc1[C@@H]1CCc2cc(OC(=O)C(C)(C)C)ccc2C1. The number of piperidine rings is 1. The van der Waals surface area contributed by atoms with Crippen LogP contribution in [0.4, 0.5) is 5.69 Å². The first-order valence-corrected chi connectivity index (χ1v) is 15.3. The predicted octanol–water partition coefficient (Wildman–Crippen LogP) is 7.05. The molecule has 6 heteroatoms. The van der Waals surface area contributed by atoms with E-state index in [0.29, 0.717) is 23.8 Å². The Bertz CT molecular complexity index is 1420. The zero-order chi connectivity index (χ0) is 29.9. The highest BCUT2D eigenvalue weighted by Crippen LogP contribution is 2.40. The first-order valence-electron chi connectivity index (χ1n) is 15.3. The zero-order valence-electron chi connectivity index (χ0n) is 25.7. The minimum absolute atomic E-state index is 0.00498. The lowest BCUT2D eigenvalue weighted by atomic mass is 9.79. The molecule has 1 saturated heterocycles. The Morgan fingerprint density at radius 1 is 0.881 bits per heavy atom. The van der Waals surface area contributed by atoms with Gasteiger partial charge < -0.3 is 19.7 Å².